The van der Waals surface area contributed by atoms with Crippen molar-refractivity contribution in [2.45, 2.75) is 44.7 Å². The van der Waals surface area contributed by atoms with Crippen molar-refractivity contribution in [2.24, 2.45) is 11.7 Å². The van der Waals surface area contributed by atoms with Crippen LogP contribution in [0.25, 0.3) is 0 Å². The lowest BCUT2D eigenvalue weighted by molar-refractivity contribution is 0.206. The van der Waals surface area contributed by atoms with Gasteiger partial charge < -0.3 is 11.1 Å². The van der Waals surface area contributed by atoms with Gasteiger partial charge in [-0.3, -0.25) is 0 Å². The summed E-state index contributed by atoms with van der Waals surface area (Å²) >= 11 is 0. The fourth-order valence-electron chi connectivity index (χ4n) is 2.47. The molecule has 0 heterocycles. The zero-order valence-electron chi connectivity index (χ0n) is 10.8. The zero-order valence-corrected chi connectivity index (χ0v) is 10.8. The molecule has 0 aromatic heterocycles. The summed E-state index contributed by atoms with van der Waals surface area (Å²) in [5.41, 5.74) is 7.37. The number of nitrogens with two attached hydrogens (primary N) is 1. The van der Waals surface area contributed by atoms with Gasteiger partial charge in [0, 0.05) is 18.6 Å². The van der Waals surface area contributed by atoms with Crippen molar-refractivity contribution < 1.29 is 0 Å². The maximum Gasteiger partial charge on any atom is 0.0281 e. The fourth-order valence-corrected chi connectivity index (χ4v) is 2.47. The second kappa shape index (κ2) is 5.65. The minimum absolute atomic E-state index is 0.0981. The number of hydrogen-bond acceptors (Lipinski definition) is 2. The highest BCUT2D eigenvalue weighted by atomic mass is 15.0. The van der Waals surface area contributed by atoms with Gasteiger partial charge in [-0.05, 0) is 24.8 Å². The summed E-state index contributed by atoms with van der Waals surface area (Å²) in [4.78, 5) is 0. The number of nitrogens with one attached hydrogen (secondary N) is 1. The first kappa shape index (κ1) is 12.6. The SMILES string of the molecule is CC(CN)(CC1CCC1)NCc1ccccc1. The minimum atomic E-state index is 0.0981. The van der Waals surface area contributed by atoms with E-state index in [1.54, 1.807) is 0 Å². The van der Waals surface area contributed by atoms with Gasteiger partial charge in [0.05, 0.1) is 0 Å². The van der Waals surface area contributed by atoms with Gasteiger partial charge in [0.1, 0.15) is 0 Å². The molecule has 17 heavy (non-hydrogen) atoms. The van der Waals surface area contributed by atoms with Crippen molar-refractivity contribution in [2.75, 3.05) is 6.54 Å². The smallest absolute Gasteiger partial charge is 0.0281 e. The lowest BCUT2D eigenvalue weighted by Gasteiger charge is -2.37. The Morgan fingerprint density at radius 2 is 2.00 bits per heavy atom. The summed E-state index contributed by atoms with van der Waals surface area (Å²) in [6.07, 6.45) is 5.41. The van der Waals surface area contributed by atoms with E-state index in [0.717, 1.165) is 19.0 Å². The van der Waals surface area contributed by atoms with Crippen LogP contribution in [0.4, 0.5) is 0 Å². The predicted octanol–water partition coefficient (Wildman–Crippen LogP) is 2.68. The Morgan fingerprint density at radius 1 is 1.29 bits per heavy atom. The summed E-state index contributed by atoms with van der Waals surface area (Å²) in [6.45, 7) is 3.89. The average molecular weight is 232 g/mol. The van der Waals surface area contributed by atoms with Gasteiger partial charge in [0.25, 0.3) is 0 Å². The van der Waals surface area contributed by atoms with Crippen molar-refractivity contribution in [3.63, 3.8) is 0 Å². The van der Waals surface area contributed by atoms with Crippen LogP contribution in [0.5, 0.6) is 0 Å². The molecule has 1 aliphatic carbocycles. The van der Waals surface area contributed by atoms with E-state index in [1.165, 1.54) is 31.2 Å². The standard InChI is InChI=1S/C15H24N2/c1-15(12-16,10-13-8-5-9-13)17-11-14-6-3-2-4-7-14/h2-4,6-7,13,17H,5,8-12,16H2,1H3. The van der Waals surface area contributed by atoms with Gasteiger partial charge in [-0.1, -0.05) is 49.6 Å². The fraction of sp³-hybridized carbons (Fsp3) is 0.600. The van der Waals surface area contributed by atoms with Crippen LogP contribution in [0.15, 0.2) is 30.3 Å². The summed E-state index contributed by atoms with van der Waals surface area (Å²) in [6, 6.07) is 10.5. The van der Waals surface area contributed by atoms with Gasteiger partial charge in [0.2, 0.25) is 0 Å². The second-order valence-corrected chi connectivity index (χ2v) is 5.60. The largest absolute Gasteiger partial charge is 0.329 e. The van der Waals surface area contributed by atoms with Crippen LogP contribution in [-0.4, -0.2) is 12.1 Å². The highest BCUT2D eigenvalue weighted by molar-refractivity contribution is 5.14. The third-order valence-electron chi connectivity index (χ3n) is 3.98. The van der Waals surface area contributed by atoms with Gasteiger partial charge in [0.15, 0.2) is 0 Å². The number of benzene rings is 1. The Bertz CT molecular complexity index is 332. The van der Waals surface area contributed by atoms with Crippen LogP contribution in [0.1, 0.15) is 38.2 Å². The molecule has 2 rings (SSSR count). The van der Waals surface area contributed by atoms with E-state index in [1.807, 2.05) is 0 Å². The molecule has 0 saturated heterocycles. The molecule has 0 spiro atoms. The predicted molar refractivity (Wildman–Crippen MR) is 72.7 cm³/mol. The molecule has 1 aromatic rings. The minimum Gasteiger partial charge on any atom is -0.329 e. The highest BCUT2D eigenvalue weighted by Crippen LogP contribution is 2.33. The molecule has 94 valence electrons. The third kappa shape index (κ3) is 3.55. The molecule has 2 nitrogen and oxygen atoms in total. The summed E-state index contributed by atoms with van der Waals surface area (Å²) in [7, 11) is 0. The molecule has 1 aromatic carbocycles. The van der Waals surface area contributed by atoms with Gasteiger partial charge in [-0.25, -0.2) is 0 Å². The van der Waals surface area contributed by atoms with Crippen LogP contribution in [0, 0.1) is 5.92 Å². The van der Waals surface area contributed by atoms with E-state index in [4.69, 9.17) is 5.73 Å². The molecule has 1 saturated carbocycles. The Morgan fingerprint density at radius 3 is 2.53 bits per heavy atom. The monoisotopic (exact) mass is 232 g/mol. The normalized spacial score (nSPS) is 19.6. The van der Waals surface area contributed by atoms with Crippen molar-refractivity contribution in [1.82, 2.24) is 5.32 Å². The third-order valence-corrected chi connectivity index (χ3v) is 3.98. The van der Waals surface area contributed by atoms with E-state index in [-0.39, 0.29) is 5.54 Å². The molecule has 2 heteroatoms. The first-order valence-electron chi connectivity index (χ1n) is 6.71. The van der Waals surface area contributed by atoms with Crippen LogP contribution in [-0.2, 0) is 6.54 Å². The summed E-state index contributed by atoms with van der Waals surface area (Å²) < 4.78 is 0. The molecule has 1 fully saturated rings. The summed E-state index contributed by atoms with van der Waals surface area (Å²) in [5.74, 6) is 0.895. The van der Waals surface area contributed by atoms with Crippen LogP contribution >= 0.6 is 0 Å². The van der Waals surface area contributed by atoms with Gasteiger partial charge >= 0.3 is 0 Å². The van der Waals surface area contributed by atoms with E-state index in [0.29, 0.717) is 0 Å². The van der Waals surface area contributed by atoms with Gasteiger partial charge in [-0.2, -0.15) is 0 Å². The van der Waals surface area contributed by atoms with Crippen molar-refractivity contribution in [3.05, 3.63) is 35.9 Å². The molecule has 0 bridgehead atoms. The Hall–Kier alpha value is -0.860. The topological polar surface area (TPSA) is 38.0 Å². The van der Waals surface area contributed by atoms with Crippen LogP contribution in [0.2, 0.25) is 0 Å². The maximum atomic E-state index is 5.94. The molecule has 0 radical (unpaired) electrons. The molecule has 3 N–H and O–H groups in total. The quantitative estimate of drug-likeness (QED) is 0.791. The Labute approximate surface area is 105 Å². The van der Waals surface area contributed by atoms with Crippen LogP contribution < -0.4 is 11.1 Å². The maximum absolute atomic E-state index is 5.94. The number of hydrogen-bond donors (Lipinski definition) is 2. The molecular formula is C15H24N2. The summed E-state index contributed by atoms with van der Waals surface area (Å²) in [5, 5.41) is 3.64. The first-order chi connectivity index (χ1) is 8.22. The van der Waals surface area contributed by atoms with Crippen molar-refractivity contribution >= 4 is 0 Å². The van der Waals surface area contributed by atoms with E-state index < -0.39 is 0 Å². The highest BCUT2D eigenvalue weighted by Gasteiger charge is 2.29. The van der Waals surface area contributed by atoms with Crippen LogP contribution in [0.3, 0.4) is 0 Å². The molecule has 1 aliphatic rings. The van der Waals surface area contributed by atoms with Crippen molar-refractivity contribution in [3.8, 4) is 0 Å². The molecular weight excluding hydrogens is 208 g/mol. The number of rotatable bonds is 6. The molecule has 1 unspecified atom stereocenters. The van der Waals surface area contributed by atoms with Crippen molar-refractivity contribution in [1.29, 1.82) is 0 Å². The Balaban J connectivity index is 1.85. The first-order valence-corrected chi connectivity index (χ1v) is 6.71. The molecule has 0 amide bonds. The Kier molecular flexibility index (Phi) is 4.19. The average Bonchev–Trinajstić information content (AvgIpc) is 2.33. The lowest BCUT2D eigenvalue weighted by Crippen LogP contribution is -2.50. The zero-order chi connectivity index (χ0) is 12.1. The van der Waals surface area contributed by atoms with E-state index in [2.05, 4.69) is 42.6 Å². The van der Waals surface area contributed by atoms with E-state index >= 15 is 0 Å². The lowest BCUT2D eigenvalue weighted by atomic mass is 9.76. The van der Waals surface area contributed by atoms with E-state index in [9.17, 15) is 0 Å². The van der Waals surface area contributed by atoms with Gasteiger partial charge in [-0.15, -0.1) is 0 Å². The molecule has 0 aliphatic heterocycles. The second-order valence-electron chi connectivity index (χ2n) is 5.60. The molecule has 1 atom stereocenters.